The summed E-state index contributed by atoms with van der Waals surface area (Å²) in [6.07, 6.45) is 0. The first-order chi connectivity index (χ1) is 8.29. The van der Waals surface area contributed by atoms with E-state index < -0.39 is 0 Å². The van der Waals surface area contributed by atoms with E-state index in [1.165, 1.54) is 17.4 Å². The van der Waals surface area contributed by atoms with Crippen LogP contribution in [0.15, 0.2) is 22.7 Å². The Morgan fingerprint density at radius 1 is 1.33 bits per heavy atom. The minimum atomic E-state index is -0.310. The zero-order valence-electron chi connectivity index (χ0n) is 10.4. The number of nitrogen functional groups attached to an aromatic ring is 1. The molecule has 1 aromatic carbocycles. The molecule has 1 heterocycles. The predicted octanol–water partition coefficient (Wildman–Crippen LogP) is 4.59. The molecule has 0 unspecified atom stereocenters. The predicted molar refractivity (Wildman–Crippen MR) is 78.3 cm³/mol. The number of anilines is 1. The molecule has 18 heavy (non-hydrogen) atoms. The Labute approximate surface area is 118 Å². The topological polar surface area (TPSA) is 38.9 Å². The minimum absolute atomic E-state index is 0.0838. The molecule has 5 heteroatoms. The fourth-order valence-electron chi connectivity index (χ4n) is 1.52. The van der Waals surface area contributed by atoms with Gasteiger partial charge in [-0.2, -0.15) is 0 Å². The van der Waals surface area contributed by atoms with Crippen LogP contribution in [0.3, 0.4) is 0 Å². The zero-order chi connectivity index (χ0) is 13.5. The fraction of sp³-hybridized carbons (Fsp3) is 0.308. The lowest BCUT2D eigenvalue weighted by atomic mass is 9.98. The maximum atomic E-state index is 13.8. The van der Waals surface area contributed by atoms with Crippen LogP contribution in [0, 0.1) is 5.82 Å². The first-order valence-electron chi connectivity index (χ1n) is 5.51. The van der Waals surface area contributed by atoms with Crippen LogP contribution in [0.2, 0.25) is 0 Å². The summed E-state index contributed by atoms with van der Waals surface area (Å²) < 4.78 is 14.6. The van der Waals surface area contributed by atoms with Crippen LogP contribution in [0.25, 0.3) is 11.3 Å². The number of aromatic nitrogens is 1. The molecule has 0 amide bonds. The van der Waals surface area contributed by atoms with E-state index in [2.05, 4.69) is 41.7 Å². The summed E-state index contributed by atoms with van der Waals surface area (Å²) in [5.41, 5.74) is 6.85. The van der Waals surface area contributed by atoms with Crippen LogP contribution in [0.5, 0.6) is 0 Å². The molecule has 1 aromatic heterocycles. The van der Waals surface area contributed by atoms with Crippen molar-refractivity contribution in [2.45, 2.75) is 26.2 Å². The average Bonchev–Trinajstić information content (AvgIpc) is 2.64. The third kappa shape index (κ3) is 2.57. The van der Waals surface area contributed by atoms with Gasteiger partial charge in [-0.15, -0.1) is 11.3 Å². The monoisotopic (exact) mass is 328 g/mol. The molecule has 96 valence electrons. The molecule has 0 fully saturated rings. The number of rotatable bonds is 1. The van der Waals surface area contributed by atoms with Crippen molar-refractivity contribution >= 4 is 32.3 Å². The summed E-state index contributed by atoms with van der Waals surface area (Å²) in [6.45, 7) is 6.19. The van der Waals surface area contributed by atoms with Crippen LogP contribution in [0.1, 0.15) is 25.8 Å². The van der Waals surface area contributed by atoms with Crippen molar-refractivity contribution in [3.05, 3.63) is 33.5 Å². The van der Waals surface area contributed by atoms with Crippen molar-refractivity contribution in [1.82, 2.24) is 4.98 Å². The smallest absolute Gasteiger partial charge is 0.132 e. The van der Waals surface area contributed by atoms with E-state index in [1.54, 1.807) is 12.1 Å². The number of hydrogen-bond acceptors (Lipinski definition) is 3. The van der Waals surface area contributed by atoms with E-state index in [-0.39, 0.29) is 11.2 Å². The van der Waals surface area contributed by atoms with E-state index >= 15 is 0 Å². The van der Waals surface area contributed by atoms with Gasteiger partial charge in [-0.25, -0.2) is 9.37 Å². The van der Waals surface area contributed by atoms with E-state index in [9.17, 15) is 4.39 Å². The Morgan fingerprint density at radius 3 is 2.56 bits per heavy atom. The van der Waals surface area contributed by atoms with Crippen LogP contribution in [0.4, 0.5) is 9.39 Å². The van der Waals surface area contributed by atoms with Gasteiger partial charge in [0, 0.05) is 15.5 Å². The highest BCUT2D eigenvalue weighted by atomic mass is 79.9. The van der Waals surface area contributed by atoms with E-state index in [0.717, 1.165) is 9.48 Å². The minimum Gasteiger partial charge on any atom is -0.389 e. The maximum Gasteiger partial charge on any atom is 0.132 e. The highest BCUT2D eigenvalue weighted by molar-refractivity contribution is 9.10. The standard InChI is InChI=1S/C13H14BrFN2S/c1-13(2,3)12-17-10(11(16)18-12)8-6-7(14)4-5-9(8)15/h4-6H,16H2,1-3H3. The van der Waals surface area contributed by atoms with Crippen LogP contribution in [-0.4, -0.2) is 4.98 Å². The number of thiazole rings is 1. The van der Waals surface area contributed by atoms with Crippen LogP contribution in [-0.2, 0) is 5.41 Å². The first-order valence-corrected chi connectivity index (χ1v) is 7.12. The molecule has 0 atom stereocenters. The third-order valence-corrected chi connectivity index (χ3v) is 4.28. The molecule has 2 nitrogen and oxygen atoms in total. The normalized spacial score (nSPS) is 11.8. The lowest BCUT2D eigenvalue weighted by molar-refractivity contribution is 0.585. The Kier molecular flexibility index (Phi) is 3.47. The van der Waals surface area contributed by atoms with Gasteiger partial charge in [0.15, 0.2) is 0 Å². The van der Waals surface area contributed by atoms with Gasteiger partial charge in [-0.1, -0.05) is 36.7 Å². The quantitative estimate of drug-likeness (QED) is 0.831. The second kappa shape index (κ2) is 4.63. The van der Waals surface area contributed by atoms with Crippen molar-refractivity contribution in [3.63, 3.8) is 0 Å². The largest absolute Gasteiger partial charge is 0.389 e. The molecule has 0 saturated heterocycles. The molecule has 0 aliphatic carbocycles. The summed E-state index contributed by atoms with van der Waals surface area (Å²) in [5.74, 6) is -0.310. The number of halogens is 2. The van der Waals surface area contributed by atoms with Gasteiger partial charge in [0.25, 0.3) is 0 Å². The summed E-state index contributed by atoms with van der Waals surface area (Å²) in [4.78, 5) is 4.49. The van der Waals surface area contributed by atoms with E-state index in [1.807, 2.05) is 0 Å². The Balaban J connectivity index is 2.58. The van der Waals surface area contributed by atoms with Gasteiger partial charge >= 0.3 is 0 Å². The summed E-state index contributed by atoms with van der Waals surface area (Å²) in [7, 11) is 0. The van der Waals surface area contributed by atoms with Gasteiger partial charge in [-0.05, 0) is 18.2 Å². The number of benzene rings is 1. The fourth-order valence-corrected chi connectivity index (χ4v) is 2.79. The van der Waals surface area contributed by atoms with Crippen molar-refractivity contribution in [1.29, 1.82) is 0 Å². The summed E-state index contributed by atoms with van der Waals surface area (Å²) in [6, 6.07) is 4.77. The van der Waals surface area contributed by atoms with E-state index in [4.69, 9.17) is 5.73 Å². The van der Waals surface area contributed by atoms with Crippen molar-refractivity contribution in [3.8, 4) is 11.3 Å². The van der Waals surface area contributed by atoms with Crippen molar-refractivity contribution in [2.75, 3.05) is 5.73 Å². The van der Waals surface area contributed by atoms with Gasteiger partial charge in [0.1, 0.15) is 21.5 Å². The van der Waals surface area contributed by atoms with Crippen LogP contribution >= 0.6 is 27.3 Å². The lowest BCUT2D eigenvalue weighted by Gasteiger charge is -2.13. The van der Waals surface area contributed by atoms with Gasteiger partial charge in [0.05, 0.1) is 0 Å². The molecule has 0 radical (unpaired) electrons. The van der Waals surface area contributed by atoms with Gasteiger partial charge in [-0.3, -0.25) is 0 Å². The Morgan fingerprint density at radius 2 is 2.00 bits per heavy atom. The number of nitrogens with zero attached hydrogens (tertiary/aromatic N) is 1. The molecule has 2 N–H and O–H groups in total. The number of nitrogens with two attached hydrogens (primary N) is 1. The molecular weight excluding hydrogens is 315 g/mol. The maximum absolute atomic E-state index is 13.8. The molecule has 0 spiro atoms. The Bertz CT molecular complexity index is 587. The molecule has 0 bridgehead atoms. The second-order valence-electron chi connectivity index (χ2n) is 5.11. The third-order valence-electron chi connectivity index (χ3n) is 2.48. The van der Waals surface area contributed by atoms with Gasteiger partial charge in [0.2, 0.25) is 0 Å². The molecular formula is C13H14BrFN2S. The average molecular weight is 329 g/mol. The van der Waals surface area contributed by atoms with Gasteiger partial charge < -0.3 is 5.73 Å². The molecule has 0 aliphatic rings. The van der Waals surface area contributed by atoms with Crippen molar-refractivity contribution in [2.24, 2.45) is 0 Å². The highest BCUT2D eigenvalue weighted by Gasteiger charge is 2.22. The Hall–Kier alpha value is -0.940. The lowest BCUT2D eigenvalue weighted by Crippen LogP contribution is -2.10. The van der Waals surface area contributed by atoms with E-state index in [0.29, 0.717) is 16.3 Å². The molecule has 0 aliphatic heterocycles. The summed E-state index contributed by atoms with van der Waals surface area (Å²) in [5, 5.41) is 1.46. The molecule has 0 saturated carbocycles. The van der Waals surface area contributed by atoms with Crippen molar-refractivity contribution < 1.29 is 4.39 Å². The zero-order valence-corrected chi connectivity index (χ0v) is 12.8. The number of hydrogen-bond donors (Lipinski definition) is 1. The molecule has 2 aromatic rings. The summed E-state index contributed by atoms with van der Waals surface area (Å²) >= 11 is 4.75. The van der Waals surface area contributed by atoms with Crippen LogP contribution < -0.4 is 5.73 Å². The highest BCUT2D eigenvalue weighted by Crippen LogP contribution is 2.37. The second-order valence-corrected chi connectivity index (χ2v) is 7.05. The molecule has 2 rings (SSSR count). The SMILES string of the molecule is CC(C)(C)c1nc(-c2cc(Br)ccc2F)c(N)s1. The first kappa shape index (κ1) is 13.5.